The van der Waals surface area contributed by atoms with E-state index in [1.807, 2.05) is 37.3 Å². The summed E-state index contributed by atoms with van der Waals surface area (Å²) in [5.41, 5.74) is 4.39. The first-order valence-corrected chi connectivity index (χ1v) is 9.98. The number of amides is 1. The number of para-hydroxylation sites is 1. The van der Waals surface area contributed by atoms with E-state index in [0.29, 0.717) is 16.9 Å². The predicted octanol–water partition coefficient (Wildman–Crippen LogP) is 5.63. The van der Waals surface area contributed by atoms with Crippen LogP contribution in [0.1, 0.15) is 63.1 Å². The molecule has 4 heteroatoms. The van der Waals surface area contributed by atoms with E-state index in [1.54, 1.807) is 0 Å². The fourth-order valence-corrected chi connectivity index (χ4v) is 3.26. The van der Waals surface area contributed by atoms with Crippen LogP contribution < -0.4 is 10.6 Å². The highest BCUT2D eigenvalue weighted by Crippen LogP contribution is 2.23. The van der Waals surface area contributed by atoms with Gasteiger partial charge in [-0.2, -0.15) is 0 Å². The van der Waals surface area contributed by atoms with E-state index in [2.05, 4.69) is 56.5 Å². The van der Waals surface area contributed by atoms with Gasteiger partial charge in [-0.3, -0.25) is 4.79 Å². The number of thiocarbonyl (C=S) groups is 1. The topological polar surface area (TPSA) is 41.1 Å². The Morgan fingerprint density at radius 1 is 0.963 bits per heavy atom. The summed E-state index contributed by atoms with van der Waals surface area (Å²) < 4.78 is 0. The summed E-state index contributed by atoms with van der Waals surface area (Å²) >= 11 is 5.35. The summed E-state index contributed by atoms with van der Waals surface area (Å²) in [6, 6.07) is 16.3. The van der Waals surface area contributed by atoms with Crippen molar-refractivity contribution in [3.05, 3.63) is 65.2 Å². The van der Waals surface area contributed by atoms with Gasteiger partial charge >= 0.3 is 0 Å². The van der Waals surface area contributed by atoms with E-state index in [4.69, 9.17) is 12.2 Å². The van der Waals surface area contributed by atoms with Crippen molar-refractivity contribution in [2.24, 2.45) is 5.92 Å². The van der Waals surface area contributed by atoms with E-state index in [0.717, 1.165) is 17.7 Å². The van der Waals surface area contributed by atoms with Gasteiger partial charge in [0.25, 0.3) is 0 Å². The van der Waals surface area contributed by atoms with Crippen molar-refractivity contribution in [2.45, 2.75) is 52.9 Å². The van der Waals surface area contributed by atoms with E-state index < -0.39 is 0 Å². The van der Waals surface area contributed by atoms with Crippen molar-refractivity contribution in [3.63, 3.8) is 0 Å². The highest BCUT2D eigenvalue weighted by atomic mass is 32.1. The fraction of sp³-hybridized carbons (Fsp3) is 0.391. The van der Waals surface area contributed by atoms with Crippen LogP contribution in [0, 0.1) is 5.92 Å². The lowest BCUT2D eigenvalue weighted by Crippen LogP contribution is -2.37. The fourth-order valence-electron chi connectivity index (χ4n) is 3.05. The van der Waals surface area contributed by atoms with Crippen molar-refractivity contribution in [1.29, 1.82) is 0 Å². The van der Waals surface area contributed by atoms with Crippen LogP contribution in [0.25, 0.3) is 0 Å². The van der Waals surface area contributed by atoms with Crippen molar-refractivity contribution in [1.82, 2.24) is 5.32 Å². The number of carbonyl (C=O) groups excluding carboxylic acids is 1. The molecule has 2 aromatic rings. The molecule has 3 nitrogen and oxygen atoms in total. The van der Waals surface area contributed by atoms with Gasteiger partial charge in [0.15, 0.2) is 5.11 Å². The van der Waals surface area contributed by atoms with Crippen LogP contribution in [-0.2, 0) is 11.2 Å². The molecule has 0 aliphatic carbocycles. The lowest BCUT2D eigenvalue weighted by atomic mass is 9.96. The predicted molar refractivity (Wildman–Crippen MR) is 118 cm³/mol. The molecule has 0 bridgehead atoms. The first kappa shape index (κ1) is 21.1. The van der Waals surface area contributed by atoms with Crippen LogP contribution in [0.4, 0.5) is 5.69 Å². The average Bonchev–Trinajstić information content (AvgIpc) is 2.61. The molecule has 2 aromatic carbocycles. The Morgan fingerprint density at radius 3 is 2.19 bits per heavy atom. The molecule has 0 aromatic heterocycles. The number of nitrogens with one attached hydrogen (secondary N) is 2. The zero-order valence-corrected chi connectivity index (χ0v) is 17.7. The summed E-state index contributed by atoms with van der Waals surface area (Å²) in [5.74, 6) is 0.619. The van der Waals surface area contributed by atoms with Crippen molar-refractivity contribution in [2.75, 3.05) is 5.32 Å². The molecule has 0 saturated carbocycles. The van der Waals surface area contributed by atoms with Crippen LogP contribution in [0.2, 0.25) is 0 Å². The first-order chi connectivity index (χ1) is 12.8. The Balaban J connectivity index is 1.99. The maximum Gasteiger partial charge on any atom is 0.233 e. The molecule has 1 unspecified atom stereocenters. The third-order valence-electron chi connectivity index (χ3n) is 4.58. The molecule has 0 aliphatic heterocycles. The molecular weight excluding hydrogens is 352 g/mol. The molecule has 0 aliphatic rings. The minimum Gasteiger partial charge on any atom is -0.332 e. The van der Waals surface area contributed by atoms with E-state index in [1.165, 1.54) is 11.1 Å². The highest BCUT2D eigenvalue weighted by Gasteiger charge is 2.17. The largest absolute Gasteiger partial charge is 0.332 e. The molecule has 0 radical (unpaired) electrons. The Kier molecular flexibility index (Phi) is 7.55. The van der Waals surface area contributed by atoms with E-state index in [-0.39, 0.29) is 11.8 Å². The molecular formula is C23H30N2OS. The second-order valence-corrected chi connectivity index (χ2v) is 8.15. The lowest BCUT2D eigenvalue weighted by molar-refractivity contribution is -0.120. The van der Waals surface area contributed by atoms with Gasteiger partial charge in [0.2, 0.25) is 5.91 Å². The van der Waals surface area contributed by atoms with Gasteiger partial charge in [-0.15, -0.1) is 0 Å². The van der Waals surface area contributed by atoms with Gasteiger partial charge in [-0.25, -0.2) is 0 Å². The lowest BCUT2D eigenvalue weighted by Gasteiger charge is -2.17. The second kappa shape index (κ2) is 9.65. The number of benzene rings is 2. The Bertz CT molecular complexity index is 781. The third-order valence-corrected chi connectivity index (χ3v) is 4.79. The monoisotopic (exact) mass is 382 g/mol. The standard InChI is InChI=1S/C23H30N2OS/c1-15(2)14-18-10-12-19(13-11-18)17(5)22(26)25-23(27)24-21-9-7-6-8-20(21)16(3)4/h6-13,15-17H,14H2,1-5H3,(H2,24,25,26,27). The number of rotatable bonds is 6. The third kappa shape index (κ3) is 6.17. The number of hydrogen-bond acceptors (Lipinski definition) is 2. The molecule has 0 spiro atoms. The van der Waals surface area contributed by atoms with E-state index in [9.17, 15) is 4.79 Å². The summed E-state index contributed by atoms with van der Waals surface area (Å²) in [6.07, 6.45) is 1.05. The zero-order chi connectivity index (χ0) is 20.0. The summed E-state index contributed by atoms with van der Waals surface area (Å²) in [6.45, 7) is 10.6. The number of hydrogen-bond donors (Lipinski definition) is 2. The SMILES string of the molecule is CC(C)Cc1ccc(C(C)C(=O)NC(=S)Nc2ccccc2C(C)C)cc1. The van der Waals surface area contributed by atoms with E-state index >= 15 is 0 Å². The Labute approximate surface area is 168 Å². The van der Waals surface area contributed by atoms with Gasteiger partial charge in [0.05, 0.1) is 5.92 Å². The highest BCUT2D eigenvalue weighted by molar-refractivity contribution is 7.80. The van der Waals surface area contributed by atoms with Gasteiger partial charge in [-0.1, -0.05) is 70.2 Å². The van der Waals surface area contributed by atoms with Gasteiger partial charge in [-0.05, 0) is 60.2 Å². The molecule has 0 saturated heterocycles. The summed E-state index contributed by atoms with van der Waals surface area (Å²) in [4.78, 5) is 12.6. The molecule has 2 N–H and O–H groups in total. The minimum absolute atomic E-state index is 0.105. The van der Waals surface area contributed by atoms with Gasteiger partial charge < -0.3 is 10.6 Å². The van der Waals surface area contributed by atoms with Gasteiger partial charge in [0.1, 0.15) is 0 Å². The van der Waals surface area contributed by atoms with Crippen molar-refractivity contribution < 1.29 is 4.79 Å². The molecule has 0 heterocycles. The van der Waals surface area contributed by atoms with Crippen LogP contribution >= 0.6 is 12.2 Å². The quantitative estimate of drug-likeness (QED) is 0.637. The van der Waals surface area contributed by atoms with Crippen LogP contribution in [0.3, 0.4) is 0 Å². The molecule has 27 heavy (non-hydrogen) atoms. The minimum atomic E-state index is -0.266. The van der Waals surface area contributed by atoms with Crippen LogP contribution in [0.15, 0.2) is 48.5 Å². The first-order valence-electron chi connectivity index (χ1n) is 9.57. The summed E-state index contributed by atoms with van der Waals surface area (Å²) in [5, 5.41) is 6.31. The van der Waals surface area contributed by atoms with Crippen LogP contribution in [0.5, 0.6) is 0 Å². The average molecular weight is 383 g/mol. The zero-order valence-electron chi connectivity index (χ0n) is 16.9. The smallest absolute Gasteiger partial charge is 0.233 e. The molecule has 0 fully saturated rings. The Morgan fingerprint density at radius 2 is 1.59 bits per heavy atom. The molecule has 1 atom stereocenters. The Hall–Kier alpha value is -2.20. The van der Waals surface area contributed by atoms with Crippen molar-refractivity contribution in [3.8, 4) is 0 Å². The van der Waals surface area contributed by atoms with Crippen molar-refractivity contribution >= 4 is 28.9 Å². The number of carbonyl (C=O) groups is 1. The number of anilines is 1. The maximum atomic E-state index is 12.6. The normalized spacial score (nSPS) is 12.1. The van der Waals surface area contributed by atoms with Gasteiger partial charge in [0, 0.05) is 5.69 Å². The molecule has 1 amide bonds. The summed E-state index contributed by atoms with van der Waals surface area (Å²) in [7, 11) is 0. The maximum absolute atomic E-state index is 12.6. The van der Waals surface area contributed by atoms with Crippen LogP contribution in [-0.4, -0.2) is 11.0 Å². The second-order valence-electron chi connectivity index (χ2n) is 7.75. The molecule has 2 rings (SSSR count). The molecule has 144 valence electrons.